The first-order valence-electron chi connectivity index (χ1n) is 9.40. The first kappa shape index (κ1) is 19.4. The van der Waals surface area contributed by atoms with Gasteiger partial charge in [-0.15, -0.1) is 0 Å². The van der Waals surface area contributed by atoms with Gasteiger partial charge in [-0.2, -0.15) is 0 Å². The Bertz CT molecular complexity index is 780. The second-order valence-electron chi connectivity index (χ2n) is 7.27. The summed E-state index contributed by atoms with van der Waals surface area (Å²) in [4.78, 5) is 6.55. The Hall–Kier alpha value is -2.34. The summed E-state index contributed by atoms with van der Waals surface area (Å²) in [6.45, 7) is 2.84. The van der Waals surface area contributed by atoms with Crippen LogP contribution in [0.25, 0.3) is 0 Å². The van der Waals surface area contributed by atoms with Gasteiger partial charge in [0, 0.05) is 58.2 Å². The lowest BCUT2D eigenvalue weighted by atomic mass is 9.74. The average molecular weight is 372 g/mol. The van der Waals surface area contributed by atoms with Crippen LogP contribution in [0.2, 0.25) is 0 Å². The van der Waals surface area contributed by atoms with Crippen molar-refractivity contribution in [3.8, 4) is 0 Å². The topological polar surface area (TPSA) is 41.8 Å². The van der Waals surface area contributed by atoms with E-state index in [1.165, 1.54) is 11.8 Å². The predicted octanol–water partition coefficient (Wildman–Crippen LogP) is 2.92. The lowest BCUT2D eigenvalue weighted by Gasteiger charge is -2.39. The molecule has 0 radical (unpaired) electrons. The predicted molar refractivity (Wildman–Crippen MR) is 106 cm³/mol. The van der Waals surface area contributed by atoms with Crippen LogP contribution in [0.3, 0.4) is 0 Å². The van der Waals surface area contributed by atoms with E-state index in [1.807, 2.05) is 32.4 Å². The minimum Gasteiger partial charge on any atom is -0.381 e. The Balaban J connectivity index is 1.73. The fourth-order valence-electron chi connectivity index (χ4n) is 3.76. The highest BCUT2D eigenvalue weighted by atomic mass is 19.1. The first-order chi connectivity index (χ1) is 13.0. The summed E-state index contributed by atoms with van der Waals surface area (Å²) in [6.07, 6.45) is 3.77. The van der Waals surface area contributed by atoms with E-state index in [4.69, 9.17) is 4.74 Å². The van der Waals surface area contributed by atoms with Crippen LogP contribution >= 0.6 is 0 Å². The number of hydrogen-bond acceptors (Lipinski definition) is 2. The molecule has 0 aliphatic carbocycles. The molecule has 0 saturated carbocycles. The van der Waals surface area contributed by atoms with Crippen molar-refractivity contribution >= 4 is 5.96 Å². The van der Waals surface area contributed by atoms with E-state index in [0.717, 1.165) is 30.9 Å². The minimum absolute atomic E-state index is 0.151. The number of rotatable bonds is 5. The van der Waals surface area contributed by atoms with Gasteiger partial charge < -0.3 is 19.5 Å². The molecule has 0 amide bonds. The van der Waals surface area contributed by atoms with Crippen LogP contribution in [0.5, 0.6) is 0 Å². The molecule has 1 aliphatic heterocycles. The van der Waals surface area contributed by atoms with E-state index < -0.39 is 0 Å². The second kappa shape index (κ2) is 8.57. The maximum Gasteiger partial charge on any atom is 0.193 e. The first-order valence-corrected chi connectivity index (χ1v) is 9.40. The molecule has 1 N–H and O–H groups in total. The zero-order valence-electron chi connectivity index (χ0n) is 16.4. The van der Waals surface area contributed by atoms with Gasteiger partial charge in [-0.05, 0) is 42.7 Å². The Labute approximate surface area is 160 Å². The third-order valence-corrected chi connectivity index (χ3v) is 5.50. The summed E-state index contributed by atoms with van der Waals surface area (Å²) in [6, 6.07) is 11.1. The van der Waals surface area contributed by atoms with E-state index in [1.54, 1.807) is 19.2 Å². The van der Waals surface area contributed by atoms with Gasteiger partial charge in [-0.1, -0.05) is 12.1 Å². The van der Waals surface area contributed by atoms with Crippen LogP contribution in [0.1, 0.15) is 24.1 Å². The highest BCUT2D eigenvalue weighted by Crippen LogP contribution is 2.34. The molecule has 1 aromatic heterocycles. The van der Waals surface area contributed by atoms with Crippen molar-refractivity contribution in [2.75, 3.05) is 33.9 Å². The van der Waals surface area contributed by atoms with Crippen LogP contribution in [0.15, 0.2) is 47.6 Å². The fraction of sp³-hybridized carbons (Fsp3) is 0.476. The number of ether oxygens (including phenoxy) is 1. The molecule has 0 atom stereocenters. The molecule has 0 unspecified atom stereocenters. The van der Waals surface area contributed by atoms with E-state index >= 15 is 0 Å². The molecule has 2 aromatic rings. The lowest BCUT2D eigenvalue weighted by Crippen LogP contribution is -2.48. The van der Waals surface area contributed by atoms with Gasteiger partial charge >= 0.3 is 0 Å². The largest absolute Gasteiger partial charge is 0.381 e. The number of aromatic nitrogens is 1. The molecule has 6 heteroatoms. The van der Waals surface area contributed by atoms with Gasteiger partial charge in [0.15, 0.2) is 5.96 Å². The van der Waals surface area contributed by atoms with Gasteiger partial charge in [0.1, 0.15) is 5.82 Å². The van der Waals surface area contributed by atoms with Crippen LogP contribution in [-0.4, -0.2) is 49.3 Å². The van der Waals surface area contributed by atoms with Crippen molar-refractivity contribution in [3.63, 3.8) is 0 Å². The highest BCUT2D eigenvalue weighted by molar-refractivity contribution is 5.79. The van der Waals surface area contributed by atoms with Gasteiger partial charge in [-0.25, -0.2) is 4.39 Å². The smallest absolute Gasteiger partial charge is 0.193 e. The van der Waals surface area contributed by atoms with Crippen molar-refractivity contribution < 1.29 is 9.13 Å². The number of halogens is 1. The monoisotopic (exact) mass is 372 g/mol. The molecule has 146 valence electrons. The van der Waals surface area contributed by atoms with Crippen molar-refractivity contribution in [3.05, 3.63) is 59.7 Å². The van der Waals surface area contributed by atoms with Crippen molar-refractivity contribution in [2.45, 2.75) is 24.8 Å². The maximum atomic E-state index is 13.8. The molecule has 0 spiro atoms. The number of hydrogen-bond donors (Lipinski definition) is 1. The molecule has 3 rings (SSSR count). The van der Waals surface area contributed by atoms with E-state index in [9.17, 15) is 4.39 Å². The normalized spacial score (nSPS) is 17.0. The highest BCUT2D eigenvalue weighted by Gasteiger charge is 2.35. The third kappa shape index (κ3) is 4.50. The van der Waals surface area contributed by atoms with Crippen molar-refractivity contribution in [2.24, 2.45) is 12.0 Å². The number of benzene rings is 1. The SMILES string of the molecule is CN=C(NCC1(c2cccc(F)c2)CCOCC1)N(C)Cc1cccn1C. The van der Waals surface area contributed by atoms with Gasteiger partial charge in [0.2, 0.25) is 0 Å². The van der Waals surface area contributed by atoms with Crippen molar-refractivity contribution in [1.29, 1.82) is 0 Å². The molecule has 2 heterocycles. The molecule has 5 nitrogen and oxygen atoms in total. The van der Waals surface area contributed by atoms with Crippen LogP contribution in [-0.2, 0) is 23.7 Å². The number of aliphatic imine (C=N–C) groups is 1. The summed E-state index contributed by atoms with van der Waals surface area (Å²) in [5.74, 6) is 0.641. The second-order valence-corrected chi connectivity index (χ2v) is 7.27. The standard InChI is InChI=1S/C21H29FN4O/c1-23-20(26(3)15-19-8-5-11-25(19)2)24-16-21(9-12-27-13-10-21)17-6-4-7-18(22)14-17/h4-8,11,14H,9-10,12-13,15-16H2,1-3H3,(H,23,24). The van der Waals surface area contributed by atoms with Gasteiger partial charge in [0.05, 0.1) is 6.54 Å². The molecule has 27 heavy (non-hydrogen) atoms. The van der Waals surface area contributed by atoms with Crippen LogP contribution in [0, 0.1) is 5.82 Å². The van der Waals surface area contributed by atoms with Crippen LogP contribution < -0.4 is 5.32 Å². The minimum atomic E-state index is -0.191. The Morgan fingerprint density at radius 2 is 2.07 bits per heavy atom. The summed E-state index contributed by atoms with van der Waals surface area (Å²) in [5.41, 5.74) is 2.09. The zero-order chi connectivity index (χ0) is 19.3. The molecular weight excluding hydrogens is 343 g/mol. The summed E-state index contributed by atoms with van der Waals surface area (Å²) in [5, 5.41) is 3.52. The molecule has 1 aliphatic rings. The summed E-state index contributed by atoms with van der Waals surface area (Å²) < 4.78 is 21.5. The lowest BCUT2D eigenvalue weighted by molar-refractivity contribution is 0.0511. The van der Waals surface area contributed by atoms with Gasteiger partial charge in [0.25, 0.3) is 0 Å². The molecule has 0 bridgehead atoms. The number of nitrogens with zero attached hydrogens (tertiary/aromatic N) is 3. The summed E-state index contributed by atoms with van der Waals surface area (Å²) >= 11 is 0. The Morgan fingerprint density at radius 3 is 2.70 bits per heavy atom. The van der Waals surface area contributed by atoms with E-state index in [2.05, 4.69) is 25.8 Å². The van der Waals surface area contributed by atoms with E-state index in [0.29, 0.717) is 19.8 Å². The molecule has 1 saturated heterocycles. The maximum absolute atomic E-state index is 13.8. The van der Waals surface area contributed by atoms with Crippen molar-refractivity contribution in [1.82, 2.24) is 14.8 Å². The molecular formula is C21H29FN4O. The zero-order valence-corrected chi connectivity index (χ0v) is 16.4. The van der Waals surface area contributed by atoms with Gasteiger partial charge in [-0.3, -0.25) is 4.99 Å². The quantitative estimate of drug-likeness (QED) is 0.648. The van der Waals surface area contributed by atoms with Crippen LogP contribution in [0.4, 0.5) is 4.39 Å². The Kier molecular flexibility index (Phi) is 6.16. The molecule has 1 aromatic carbocycles. The van der Waals surface area contributed by atoms with E-state index in [-0.39, 0.29) is 11.2 Å². The number of guanidine groups is 1. The summed E-state index contributed by atoms with van der Waals surface area (Å²) in [7, 11) is 5.87. The average Bonchev–Trinajstić information content (AvgIpc) is 3.07. The fourth-order valence-corrected chi connectivity index (χ4v) is 3.76. The molecule has 1 fully saturated rings. The number of nitrogens with one attached hydrogen (secondary N) is 1. The Morgan fingerprint density at radius 1 is 1.30 bits per heavy atom. The third-order valence-electron chi connectivity index (χ3n) is 5.50. The number of aryl methyl sites for hydroxylation is 1.